The Kier molecular flexibility index (Phi) is 5.79. The number of carbonyl (C=O) groups is 1. The van der Waals surface area contributed by atoms with E-state index in [2.05, 4.69) is 34.3 Å². The lowest BCUT2D eigenvalue weighted by molar-refractivity contribution is -0.123. The predicted octanol–water partition coefficient (Wildman–Crippen LogP) is 3.54. The van der Waals surface area contributed by atoms with Crippen LogP contribution in [0, 0.1) is 6.92 Å². The van der Waals surface area contributed by atoms with Crippen LogP contribution in [0.1, 0.15) is 12.0 Å². The molecular formula is C21H24N2O3. The van der Waals surface area contributed by atoms with Gasteiger partial charge >= 0.3 is 0 Å². The van der Waals surface area contributed by atoms with Gasteiger partial charge in [0, 0.05) is 24.8 Å². The minimum Gasteiger partial charge on any atom is -0.493 e. The Morgan fingerprint density at radius 1 is 1.12 bits per heavy atom. The maximum Gasteiger partial charge on any atom is 0.257 e. The van der Waals surface area contributed by atoms with Crippen molar-refractivity contribution in [2.75, 3.05) is 20.3 Å². The lowest BCUT2D eigenvalue weighted by Gasteiger charge is -2.11. The molecule has 1 N–H and O–H groups in total. The standard InChI is InChI=1S/C21H24N2O3/c1-16-8-9-19(20(14-16)25-2)26-15-21(24)22-11-5-12-23-13-10-17-6-3-4-7-18(17)23/h3-4,6-10,13-14H,5,11-12,15H2,1-2H3,(H,22,24). The van der Waals surface area contributed by atoms with Gasteiger partial charge in [0.1, 0.15) is 0 Å². The molecule has 0 fully saturated rings. The number of rotatable bonds is 8. The van der Waals surface area contributed by atoms with E-state index in [9.17, 15) is 4.79 Å². The van der Waals surface area contributed by atoms with Gasteiger partial charge in [-0.1, -0.05) is 24.3 Å². The number of nitrogens with zero attached hydrogens (tertiary/aromatic N) is 1. The second kappa shape index (κ2) is 8.43. The van der Waals surface area contributed by atoms with Crippen molar-refractivity contribution in [2.24, 2.45) is 0 Å². The Morgan fingerprint density at radius 3 is 2.81 bits per heavy atom. The maximum absolute atomic E-state index is 12.0. The lowest BCUT2D eigenvalue weighted by Crippen LogP contribution is -2.30. The highest BCUT2D eigenvalue weighted by Gasteiger charge is 2.07. The van der Waals surface area contributed by atoms with Crippen LogP contribution in [-0.4, -0.2) is 30.7 Å². The van der Waals surface area contributed by atoms with Crippen LogP contribution in [0.4, 0.5) is 0 Å². The summed E-state index contributed by atoms with van der Waals surface area (Å²) in [7, 11) is 1.59. The molecule has 0 aliphatic heterocycles. The smallest absolute Gasteiger partial charge is 0.257 e. The highest BCUT2D eigenvalue weighted by atomic mass is 16.5. The number of para-hydroxylation sites is 1. The number of hydrogen-bond acceptors (Lipinski definition) is 3. The molecule has 2 aromatic carbocycles. The molecule has 1 aromatic heterocycles. The first-order valence-corrected chi connectivity index (χ1v) is 8.75. The summed E-state index contributed by atoms with van der Waals surface area (Å²) in [6.07, 6.45) is 2.94. The first-order valence-electron chi connectivity index (χ1n) is 8.75. The van der Waals surface area contributed by atoms with E-state index in [0.717, 1.165) is 18.5 Å². The molecule has 3 aromatic rings. The molecule has 0 saturated carbocycles. The van der Waals surface area contributed by atoms with Crippen LogP contribution in [0.5, 0.6) is 11.5 Å². The first-order chi connectivity index (χ1) is 12.7. The molecule has 136 valence electrons. The normalized spacial score (nSPS) is 10.7. The van der Waals surface area contributed by atoms with E-state index in [0.29, 0.717) is 18.0 Å². The molecule has 0 bridgehead atoms. The fourth-order valence-corrected chi connectivity index (χ4v) is 2.90. The van der Waals surface area contributed by atoms with Crippen molar-refractivity contribution in [3.05, 3.63) is 60.3 Å². The molecule has 0 atom stereocenters. The number of ether oxygens (including phenoxy) is 2. The Balaban J connectivity index is 1.42. The lowest BCUT2D eigenvalue weighted by atomic mass is 10.2. The molecule has 3 rings (SSSR count). The molecule has 26 heavy (non-hydrogen) atoms. The number of aryl methyl sites for hydroxylation is 2. The zero-order chi connectivity index (χ0) is 18.4. The van der Waals surface area contributed by atoms with E-state index in [4.69, 9.17) is 9.47 Å². The molecule has 1 amide bonds. The fourth-order valence-electron chi connectivity index (χ4n) is 2.90. The van der Waals surface area contributed by atoms with Gasteiger partial charge in [0.25, 0.3) is 5.91 Å². The average molecular weight is 352 g/mol. The predicted molar refractivity (Wildman–Crippen MR) is 103 cm³/mol. The number of fused-ring (bicyclic) bond motifs is 1. The molecule has 0 aliphatic carbocycles. The summed E-state index contributed by atoms with van der Waals surface area (Å²) in [6.45, 7) is 3.43. The van der Waals surface area contributed by atoms with Crippen molar-refractivity contribution in [2.45, 2.75) is 19.9 Å². The Bertz CT molecular complexity index is 886. The van der Waals surface area contributed by atoms with Crippen LogP contribution >= 0.6 is 0 Å². The van der Waals surface area contributed by atoms with Crippen LogP contribution in [-0.2, 0) is 11.3 Å². The minimum absolute atomic E-state index is 0.0220. The first kappa shape index (κ1) is 17.9. The van der Waals surface area contributed by atoms with Gasteiger partial charge in [-0.05, 0) is 48.6 Å². The van der Waals surface area contributed by atoms with E-state index < -0.39 is 0 Å². The summed E-state index contributed by atoms with van der Waals surface area (Å²) in [5.74, 6) is 1.08. The van der Waals surface area contributed by atoms with Crippen molar-refractivity contribution >= 4 is 16.8 Å². The highest BCUT2D eigenvalue weighted by Crippen LogP contribution is 2.27. The highest BCUT2D eigenvalue weighted by molar-refractivity contribution is 5.80. The summed E-state index contributed by atoms with van der Waals surface area (Å²) in [6, 6.07) is 16.0. The Hall–Kier alpha value is -2.95. The third kappa shape index (κ3) is 4.36. The second-order valence-corrected chi connectivity index (χ2v) is 6.21. The van der Waals surface area contributed by atoms with Crippen molar-refractivity contribution < 1.29 is 14.3 Å². The van der Waals surface area contributed by atoms with Gasteiger partial charge in [-0.2, -0.15) is 0 Å². The zero-order valence-corrected chi connectivity index (χ0v) is 15.2. The number of methoxy groups -OCH3 is 1. The van der Waals surface area contributed by atoms with E-state index in [1.54, 1.807) is 7.11 Å². The molecule has 0 saturated heterocycles. The Labute approximate surface area is 153 Å². The van der Waals surface area contributed by atoms with Crippen LogP contribution < -0.4 is 14.8 Å². The van der Waals surface area contributed by atoms with E-state index >= 15 is 0 Å². The molecule has 0 spiro atoms. The zero-order valence-electron chi connectivity index (χ0n) is 15.2. The summed E-state index contributed by atoms with van der Waals surface area (Å²) in [5.41, 5.74) is 2.30. The van der Waals surface area contributed by atoms with E-state index in [1.165, 1.54) is 10.9 Å². The SMILES string of the molecule is COc1cc(C)ccc1OCC(=O)NCCCn1ccc2ccccc21. The minimum atomic E-state index is -0.134. The number of aromatic nitrogens is 1. The largest absolute Gasteiger partial charge is 0.493 e. The van der Waals surface area contributed by atoms with Crippen molar-refractivity contribution in [3.63, 3.8) is 0 Å². The fraction of sp³-hybridized carbons (Fsp3) is 0.286. The maximum atomic E-state index is 12.0. The average Bonchev–Trinajstić information content (AvgIpc) is 3.07. The molecular weight excluding hydrogens is 328 g/mol. The van der Waals surface area contributed by atoms with Gasteiger partial charge in [-0.3, -0.25) is 4.79 Å². The van der Waals surface area contributed by atoms with Gasteiger partial charge < -0.3 is 19.4 Å². The number of nitrogens with one attached hydrogen (secondary N) is 1. The number of amides is 1. The van der Waals surface area contributed by atoms with Crippen molar-refractivity contribution in [1.82, 2.24) is 9.88 Å². The van der Waals surface area contributed by atoms with E-state index in [-0.39, 0.29) is 12.5 Å². The molecule has 0 unspecified atom stereocenters. The molecule has 5 nitrogen and oxygen atoms in total. The van der Waals surface area contributed by atoms with Crippen molar-refractivity contribution in [3.8, 4) is 11.5 Å². The molecule has 5 heteroatoms. The third-order valence-corrected chi connectivity index (χ3v) is 4.26. The van der Waals surface area contributed by atoms with Gasteiger partial charge in [0.15, 0.2) is 18.1 Å². The molecule has 0 aliphatic rings. The van der Waals surface area contributed by atoms with Gasteiger partial charge in [-0.25, -0.2) is 0 Å². The van der Waals surface area contributed by atoms with Gasteiger partial charge in [0.2, 0.25) is 0 Å². The topological polar surface area (TPSA) is 52.5 Å². The van der Waals surface area contributed by atoms with Crippen molar-refractivity contribution in [1.29, 1.82) is 0 Å². The second-order valence-electron chi connectivity index (χ2n) is 6.21. The monoisotopic (exact) mass is 352 g/mol. The summed E-state index contributed by atoms with van der Waals surface area (Å²) < 4.78 is 13.0. The van der Waals surface area contributed by atoms with Gasteiger partial charge in [-0.15, -0.1) is 0 Å². The summed E-state index contributed by atoms with van der Waals surface area (Å²) in [4.78, 5) is 12.0. The third-order valence-electron chi connectivity index (χ3n) is 4.26. The quantitative estimate of drug-likeness (QED) is 0.631. The van der Waals surface area contributed by atoms with Crippen LogP contribution in [0.3, 0.4) is 0 Å². The summed E-state index contributed by atoms with van der Waals surface area (Å²) in [5, 5.41) is 4.13. The Morgan fingerprint density at radius 2 is 1.96 bits per heavy atom. The van der Waals surface area contributed by atoms with Crippen LogP contribution in [0.25, 0.3) is 10.9 Å². The molecule has 1 heterocycles. The van der Waals surface area contributed by atoms with Gasteiger partial charge in [0.05, 0.1) is 7.11 Å². The van der Waals surface area contributed by atoms with Crippen LogP contribution in [0.2, 0.25) is 0 Å². The van der Waals surface area contributed by atoms with E-state index in [1.807, 2.05) is 37.3 Å². The number of benzene rings is 2. The number of hydrogen-bond donors (Lipinski definition) is 1. The number of carbonyl (C=O) groups excluding carboxylic acids is 1. The molecule has 0 radical (unpaired) electrons. The summed E-state index contributed by atoms with van der Waals surface area (Å²) >= 11 is 0. The van der Waals surface area contributed by atoms with Crippen LogP contribution in [0.15, 0.2) is 54.7 Å².